The fraction of sp³-hybridized carbons (Fsp3) is 0.923. The molecule has 0 amide bonds. The maximum atomic E-state index is 8.49. The maximum Gasteiger partial charge on any atom is 0.0622 e. The Morgan fingerprint density at radius 2 is 1.94 bits per heavy atom. The van der Waals surface area contributed by atoms with E-state index < -0.39 is 0 Å². The van der Waals surface area contributed by atoms with Gasteiger partial charge in [-0.2, -0.15) is 5.26 Å². The molecule has 3 heteroatoms. The molecule has 2 rings (SSSR count). The molecule has 1 saturated carbocycles. The third-order valence-electron chi connectivity index (χ3n) is 3.74. The molecule has 3 nitrogen and oxygen atoms in total. The molecule has 16 heavy (non-hydrogen) atoms. The summed E-state index contributed by atoms with van der Waals surface area (Å²) in [5, 5.41) is 12.1. The second-order valence-corrected chi connectivity index (χ2v) is 5.23. The minimum atomic E-state index is 0.711. The zero-order valence-electron chi connectivity index (χ0n) is 10.1. The quantitative estimate of drug-likeness (QED) is 0.695. The van der Waals surface area contributed by atoms with Crippen LogP contribution < -0.4 is 5.32 Å². The highest BCUT2D eigenvalue weighted by molar-refractivity contribution is 4.83. The van der Waals surface area contributed by atoms with Gasteiger partial charge >= 0.3 is 0 Å². The van der Waals surface area contributed by atoms with Gasteiger partial charge in [0, 0.05) is 12.5 Å². The number of piperidine rings is 1. The first-order valence-corrected chi connectivity index (χ1v) is 6.71. The molecule has 0 bridgehead atoms. The molecule has 90 valence electrons. The van der Waals surface area contributed by atoms with Gasteiger partial charge in [0.1, 0.15) is 0 Å². The van der Waals surface area contributed by atoms with E-state index in [9.17, 15) is 0 Å². The van der Waals surface area contributed by atoms with Gasteiger partial charge < -0.3 is 10.2 Å². The van der Waals surface area contributed by atoms with E-state index >= 15 is 0 Å². The molecule has 2 aliphatic rings. The number of hydrogen-bond acceptors (Lipinski definition) is 3. The maximum absolute atomic E-state index is 8.49. The smallest absolute Gasteiger partial charge is 0.0622 e. The molecular formula is C13H23N3. The molecule has 0 aromatic rings. The number of likely N-dealkylation sites (tertiary alicyclic amines) is 1. The molecule has 2 fully saturated rings. The lowest BCUT2D eigenvalue weighted by Crippen LogP contribution is -2.38. The lowest BCUT2D eigenvalue weighted by molar-refractivity contribution is 0.181. The number of nitrogens with zero attached hydrogens (tertiary/aromatic N) is 2. The van der Waals surface area contributed by atoms with Crippen LogP contribution in [0.25, 0.3) is 0 Å². The van der Waals surface area contributed by atoms with Crippen LogP contribution in [0.4, 0.5) is 0 Å². The third kappa shape index (κ3) is 4.11. The van der Waals surface area contributed by atoms with Crippen LogP contribution in [-0.2, 0) is 0 Å². The van der Waals surface area contributed by atoms with E-state index in [4.69, 9.17) is 5.26 Å². The van der Waals surface area contributed by atoms with Crippen molar-refractivity contribution in [3.63, 3.8) is 0 Å². The summed E-state index contributed by atoms with van der Waals surface area (Å²) in [7, 11) is 0. The topological polar surface area (TPSA) is 39.1 Å². The summed E-state index contributed by atoms with van der Waals surface area (Å²) in [5.41, 5.74) is 0. The van der Waals surface area contributed by atoms with E-state index in [1.54, 1.807) is 0 Å². The molecule has 0 unspecified atom stereocenters. The lowest BCUT2D eigenvalue weighted by atomic mass is 9.96. The van der Waals surface area contributed by atoms with E-state index in [0.717, 1.165) is 24.9 Å². The largest absolute Gasteiger partial charge is 0.314 e. The average molecular weight is 221 g/mol. The van der Waals surface area contributed by atoms with Crippen molar-refractivity contribution < 1.29 is 0 Å². The Balaban J connectivity index is 1.53. The number of unbranched alkanes of at least 4 members (excludes halogenated alkanes) is 1. The normalized spacial score (nSPS) is 23.2. The number of nitrogens with one attached hydrogen (secondary N) is 1. The summed E-state index contributed by atoms with van der Waals surface area (Å²) in [5.74, 6) is 0.896. The van der Waals surface area contributed by atoms with Crippen LogP contribution in [0.2, 0.25) is 0 Å². The SMILES string of the molecule is N#CCCCN1CCC(CNC2CC2)CC1. The van der Waals surface area contributed by atoms with Crippen LogP contribution >= 0.6 is 0 Å². The first-order chi connectivity index (χ1) is 7.88. The Morgan fingerprint density at radius 3 is 2.56 bits per heavy atom. The standard InChI is InChI=1S/C13H23N3/c14-7-1-2-8-16-9-5-12(6-10-16)11-15-13-3-4-13/h12-13,15H,1-6,8-11H2. The van der Waals surface area contributed by atoms with Gasteiger partial charge in [-0.1, -0.05) is 0 Å². The highest BCUT2D eigenvalue weighted by atomic mass is 15.1. The van der Waals surface area contributed by atoms with Crippen LogP contribution in [-0.4, -0.2) is 37.1 Å². The first-order valence-electron chi connectivity index (χ1n) is 6.71. The van der Waals surface area contributed by atoms with Gasteiger partial charge in [-0.3, -0.25) is 0 Å². The van der Waals surface area contributed by atoms with Crippen molar-refractivity contribution >= 4 is 0 Å². The van der Waals surface area contributed by atoms with Crippen LogP contribution in [0.1, 0.15) is 38.5 Å². The Labute approximate surface area is 98.8 Å². The molecule has 0 spiro atoms. The molecule has 1 aliphatic heterocycles. The predicted octanol–water partition coefficient (Wildman–Crippen LogP) is 1.75. The minimum Gasteiger partial charge on any atom is -0.314 e. The predicted molar refractivity (Wildman–Crippen MR) is 65.0 cm³/mol. The van der Waals surface area contributed by atoms with Crippen LogP contribution in [0.5, 0.6) is 0 Å². The molecule has 0 atom stereocenters. The van der Waals surface area contributed by atoms with Crippen molar-refractivity contribution in [3.8, 4) is 6.07 Å². The average Bonchev–Trinajstić information content (AvgIpc) is 3.12. The summed E-state index contributed by atoms with van der Waals surface area (Å²) in [6, 6.07) is 3.07. The summed E-state index contributed by atoms with van der Waals surface area (Å²) in [4.78, 5) is 2.52. The van der Waals surface area contributed by atoms with Gasteiger partial charge in [0.05, 0.1) is 6.07 Å². The molecule has 0 aromatic carbocycles. The fourth-order valence-corrected chi connectivity index (χ4v) is 2.42. The zero-order valence-corrected chi connectivity index (χ0v) is 10.1. The Bertz CT molecular complexity index is 234. The molecule has 1 aliphatic carbocycles. The second kappa shape index (κ2) is 6.22. The van der Waals surface area contributed by atoms with Crippen LogP contribution in [0, 0.1) is 17.2 Å². The zero-order chi connectivity index (χ0) is 11.2. The minimum absolute atomic E-state index is 0.711. The van der Waals surface area contributed by atoms with E-state index in [0.29, 0.717) is 6.42 Å². The van der Waals surface area contributed by atoms with Gasteiger partial charge in [0.2, 0.25) is 0 Å². The fourth-order valence-electron chi connectivity index (χ4n) is 2.42. The molecule has 0 aromatic heterocycles. The molecule has 1 N–H and O–H groups in total. The highest BCUT2D eigenvalue weighted by Gasteiger charge is 2.23. The summed E-state index contributed by atoms with van der Waals surface area (Å²) in [6.45, 7) is 4.83. The van der Waals surface area contributed by atoms with Crippen molar-refractivity contribution in [1.82, 2.24) is 10.2 Å². The number of nitriles is 1. The summed E-state index contributed by atoms with van der Waals surface area (Å²) < 4.78 is 0. The van der Waals surface area contributed by atoms with Gasteiger partial charge in [-0.05, 0) is 64.2 Å². The summed E-state index contributed by atoms with van der Waals surface area (Å²) >= 11 is 0. The molecule has 0 radical (unpaired) electrons. The number of hydrogen-bond donors (Lipinski definition) is 1. The van der Waals surface area contributed by atoms with Gasteiger partial charge in [-0.25, -0.2) is 0 Å². The molecular weight excluding hydrogens is 198 g/mol. The van der Waals surface area contributed by atoms with Crippen molar-refractivity contribution in [2.45, 2.75) is 44.6 Å². The number of rotatable bonds is 6. The Morgan fingerprint density at radius 1 is 1.19 bits per heavy atom. The van der Waals surface area contributed by atoms with Crippen LogP contribution in [0.3, 0.4) is 0 Å². The summed E-state index contributed by atoms with van der Waals surface area (Å²) in [6.07, 6.45) is 7.23. The van der Waals surface area contributed by atoms with Gasteiger partial charge in [0.15, 0.2) is 0 Å². The molecule has 1 heterocycles. The van der Waals surface area contributed by atoms with Crippen LogP contribution in [0.15, 0.2) is 0 Å². The highest BCUT2D eigenvalue weighted by Crippen LogP contribution is 2.21. The van der Waals surface area contributed by atoms with Gasteiger partial charge in [0.25, 0.3) is 0 Å². The second-order valence-electron chi connectivity index (χ2n) is 5.23. The first kappa shape index (κ1) is 11.9. The van der Waals surface area contributed by atoms with Crippen molar-refractivity contribution in [3.05, 3.63) is 0 Å². The Kier molecular flexibility index (Phi) is 4.62. The van der Waals surface area contributed by atoms with Crippen molar-refractivity contribution in [2.24, 2.45) is 5.92 Å². The van der Waals surface area contributed by atoms with E-state index in [-0.39, 0.29) is 0 Å². The van der Waals surface area contributed by atoms with Gasteiger partial charge in [-0.15, -0.1) is 0 Å². The van der Waals surface area contributed by atoms with E-state index in [1.807, 2.05) is 0 Å². The monoisotopic (exact) mass is 221 g/mol. The van der Waals surface area contributed by atoms with Crippen molar-refractivity contribution in [2.75, 3.05) is 26.2 Å². The van der Waals surface area contributed by atoms with E-state index in [1.165, 1.54) is 45.3 Å². The van der Waals surface area contributed by atoms with E-state index in [2.05, 4.69) is 16.3 Å². The third-order valence-corrected chi connectivity index (χ3v) is 3.74. The molecule has 1 saturated heterocycles. The Hall–Kier alpha value is -0.590. The lowest BCUT2D eigenvalue weighted by Gasteiger charge is -2.31. The van der Waals surface area contributed by atoms with Crippen molar-refractivity contribution in [1.29, 1.82) is 5.26 Å².